The lowest BCUT2D eigenvalue weighted by Crippen LogP contribution is -2.40. The molecule has 0 spiro atoms. The van der Waals surface area contributed by atoms with Crippen LogP contribution >= 0.6 is 0 Å². The minimum absolute atomic E-state index is 0.0187. The maximum Gasteiger partial charge on any atom is 0.273 e. The fraction of sp³-hybridized carbons (Fsp3) is 0.588. The number of amides is 1. The van der Waals surface area contributed by atoms with Gasteiger partial charge in [0.15, 0.2) is 0 Å². The van der Waals surface area contributed by atoms with Crippen molar-refractivity contribution in [2.24, 2.45) is 17.8 Å². The Labute approximate surface area is 130 Å². The van der Waals surface area contributed by atoms with E-state index >= 15 is 0 Å². The molecule has 4 atom stereocenters. The summed E-state index contributed by atoms with van der Waals surface area (Å²) in [5.41, 5.74) is 0.496. The van der Waals surface area contributed by atoms with E-state index in [1.165, 1.54) is 31.7 Å². The third-order valence-electron chi connectivity index (χ3n) is 5.36. The van der Waals surface area contributed by atoms with Crippen LogP contribution in [0.4, 0.5) is 5.69 Å². The second-order valence-electron chi connectivity index (χ2n) is 6.76. The van der Waals surface area contributed by atoms with Gasteiger partial charge < -0.3 is 5.32 Å². The molecule has 2 fully saturated rings. The van der Waals surface area contributed by atoms with Crippen LogP contribution in [0.5, 0.6) is 0 Å². The highest BCUT2D eigenvalue weighted by atomic mass is 16.6. The molecule has 0 radical (unpaired) electrons. The van der Waals surface area contributed by atoms with E-state index in [-0.39, 0.29) is 24.1 Å². The molecular formula is C17H22N2O3. The van der Waals surface area contributed by atoms with Gasteiger partial charge in [-0.2, -0.15) is 0 Å². The van der Waals surface area contributed by atoms with E-state index < -0.39 is 4.92 Å². The number of carbonyl (C=O) groups excluding carboxylic acids is 1. The first-order valence-electron chi connectivity index (χ1n) is 8.06. The van der Waals surface area contributed by atoms with Crippen molar-refractivity contribution in [3.63, 3.8) is 0 Å². The number of nitrogens with one attached hydrogen (secondary N) is 1. The van der Waals surface area contributed by atoms with Crippen molar-refractivity contribution >= 4 is 11.6 Å². The van der Waals surface area contributed by atoms with Crippen LogP contribution in [0.15, 0.2) is 24.3 Å². The van der Waals surface area contributed by atoms with Gasteiger partial charge in [0.25, 0.3) is 5.69 Å². The van der Waals surface area contributed by atoms with Crippen LogP contribution in [0.2, 0.25) is 0 Å². The van der Waals surface area contributed by atoms with E-state index in [1.807, 2.05) is 0 Å². The summed E-state index contributed by atoms with van der Waals surface area (Å²) in [5.74, 6) is 2.06. The minimum atomic E-state index is -0.429. The number of fused-ring (bicyclic) bond motifs is 2. The molecule has 2 aliphatic carbocycles. The molecule has 3 rings (SSSR count). The molecule has 1 aromatic rings. The van der Waals surface area contributed by atoms with Crippen molar-refractivity contribution in [1.82, 2.24) is 5.32 Å². The molecule has 0 aliphatic heterocycles. The van der Waals surface area contributed by atoms with Gasteiger partial charge in [-0.05, 0) is 43.9 Å². The summed E-state index contributed by atoms with van der Waals surface area (Å²) in [6.45, 7) is 2.07. The smallest absolute Gasteiger partial charge is 0.273 e. The van der Waals surface area contributed by atoms with Crippen molar-refractivity contribution in [2.75, 3.05) is 0 Å². The van der Waals surface area contributed by atoms with E-state index in [0.29, 0.717) is 11.5 Å². The van der Waals surface area contributed by atoms with Crippen LogP contribution in [-0.2, 0) is 11.2 Å². The number of nitro benzene ring substituents is 1. The third kappa shape index (κ3) is 2.98. The summed E-state index contributed by atoms with van der Waals surface area (Å²) in [5, 5.41) is 14.1. The number of para-hydroxylation sites is 1. The summed E-state index contributed by atoms with van der Waals surface area (Å²) in [4.78, 5) is 22.8. The van der Waals surface area contributed by atoms with E-state index in [2.05, 4.69) is 12.2 Å². The average Bonchev–Trinajstić information content (AvgIpc) is 3.10. The number of hydrogen-bond acceptors (Lipinski definition) is 3. The molecule has 22 heavy (non-hydrogen) atoms. The van der Waals surface area contributed by atoms with E-state index in [1.54, 1.807) is 18.2 Å². The highest BCUT2D eigenvalue weighted by Gasteiger charge is 2.42. The highest BCUT2D eigenvalue weighted by molar-refractivity contribution is 5.80. The van der Waals surface area contributed by atoms with Gasteiger partial charge in [-0.3, -0.25) is 14.9 Å². The molecule has 0 saturated heterocycles. The quantitative estimate of drug-likeness (QED) is 0.671. The largest absolute Gasteiger partial charge is 0.353 e. The first kappa shape index (κ1) is 15.0. The summed E-state index contributed by atoms with van der Waals surface area (Å²) in [6.07, 6.45) is 5.24. The SMILES string of the molecule is C[C@@H](NC(=O)Cc1ccccc1[N+](=O)[O-])[C@@H]1C[C@H]2CC[C@H]1C2. The molecule has 2 saturated carbocycles. The Hall–Kier alpha value is -1.91. The third-order valence-corrected chi connectivity index (χ3v) is 5.36. The lowest BCUT2D eigenvalue weighted by molar-refractivity contribution is -0.385. The molecule has 1 N–H and O–H groups in total. The van der Waals surface area contributed by atoms with Crippen LogP contribution < -0.4 is 5.32 Å². The van der Waals surface area contributed by atoms with Gasteiger partial charge in [0.2, 0.25) is 5.91 Å². The van der Waals surface area contributed by atoms with Gasteiger partial charge in [0.05, 0.1) is 11.3 Å². The molecule has 118 valence electrons. The van der Waals surface area contributed by atoms with Crippen LogP contribution in [0.1, 0.15) is 38.2 Å². The molecule has 1 amide bonds. The molecule has 0 aromatic heterocycles. The van der Waals surface area contributed by atoms with Gasteiger partial charge >= 0.3 is 0 Å². The van der Waals surface area contributed by atoms with Gasteiger partial charge in [-0.25, -0.2) is 0 Å². The van der Waals surface area contributed by atoms with Gasteiger partial charge in [0.1, 0.15) is 0 Å². The zero-order valence-corrected chi connectivity index (χ0v) is 12.8. The van der Waals surface area contributed by atoms with Crippen LogP contribution in [0, 0.1) is 27.9 Å². The van der Waals surface area contributed by atoms with Crippen molar-refractivity contribution in [2.45, 2.75) is 45.1 Å². The summed E-state index contributed by atoms with van der Waals surface area (Å²) < 4.78 is 0. The molecule has 2 bridgehead atoms. The monoisotopic (exact) mass is 302 g/mol. The number of nitro groups is 1. The molecule has 2 aliphatic rings. The fourth-order valence-corrected chi connectivity index (χ4v) is 4.33. The first-order valence-corrected chi connectivity index (χ1v) is 8.06. The standard InChI is InChI=1S/C17H22N2O3/c1-11(15-9-12-6-7-13(15)8-12)18-17(20)10-14-4-2-3-5-16(14)19(21)22/h2-5,11-13,15H,6-10H2,1H3,(H,18,20)/t11-,12+,13+,15+/m1/s1. The number of hydrogen-bond donors (Lipinski definition) is 1. The normalized spacial score (nSPS) is 27.6. The van der Waals surface area contributed by atoms with Gasteiger partial charge in [0, 0.05) is 17.7 Å². The lowest BCUT2D eigenvalue weighted by atomic mass is 9.84. The second-order valence-corrected chi connectivity index (χ2v) is 6.76. The Balaban J connectivity index is 1.60. The topological polar surface area (TPSA) is 72.2 Å². The predicted molar refractivity (Wildman–Crippen MR) is 83.3 cm³/mol. The summed E-state index contributed by atoms with van der Waals surface area (Å²) in [7, 11) is 0. The Morgan fingerprint density at radius 2 is 2.14 bits per heavy atom. The number of carbonyl (C=O) groups is 1. The molecule has 1 aromatic carbocycles. The predicted octanol–water partition coefficient (Wildman–Crippen LogP) is 3.08. The van der Waals surface area contributed by atoms with Crippen LogP contribution in [0.25, 0.3) is 0 Å². The first-order chi connectivity index (χ1) is 10.5. The summed E-state index contributed by atoms with van der Waals surface area (Å²) in [6, 6.07) is 6.61. The molecule has 0 unspecified atom stereocenters. The Morgan fingerprint density at radius 1 is 1.36 bits per heavy atom. The molecular weight excluding hydrogens is 280 g/mol. The van der Waals surface area contributed by atoms with E-state index in [9.17, 15) is 14.9 Å². The maximum absolute atomic E-state index is 12.2. The lowest BCUT2D eigenvalue weighted by Gasteiger charge is -2.28. The zero-order valence-electron chi connectivity index (χ0n) is 12.8. The molecule has 5 nitrogen and oxygen atoms in total. The van der Waals surface area contributed by atoms with Crippen molar-refractivity contribution in [1.29, 1.82) is 0 Å². The van der Waals surface area contributed by atoms with Crippen molar-refractivity contribution < 1.29 is 9.72 Å². The Bertz CT molecular complexity index is 587. The number of benzene rings is 1. The van der Waals surface area contributed by atoms with Crippen molar-refractivity contribution in [3.8, 4) is 0 Å². The minimum Gasteiger partial charge on any atom is -0.353 e. The number of nitrogens with zero attached hydrogens (tertiary/aromatic N) is 1. The highest BCUT2D eigenvalue weighted by Crippen LogP contribution is 2.49. The van der Waals surface area contributed by atoms with Crippen molar-refractivity contribution in [3.05, 3.63) is 39.9 Å². The fourth-order valence-electron chi connectivity index (χ4n) is 4.33. The van der Waals surface area contributed by atoms with Crippen LogP contribution in [-0.4, -0.2) is 16.9 Å². The zero-order chi connectivity index (χ0) is 15.7. The van der Waals surface area contributed by atoms with Crippen LogP contribution in [0.3, 0.4) is 0 Å². The summed E-state index contributed by atoms with van der Waals surface area (Å²) >= 11 is 0. The number of rotatable bonds is 5. The average molecular weight is 302 g/mol. The van der Waals surface area contributed by atoms with E-state index in [0.717, 1.165) is 11.8 Å². The Morgan fingerprint density at radius 3 is 2.77 bits per heavy atom. The second kappa shape index (κ2) is 6.07. The maximum atomic E-state index is 12.2. The van der Waals surface area contributed by atoms with E-state index in [4.69, 9.17) is 0 Å². The Kier molecular flexibility index (Phi) is 4.14. The van der Waals surface area contributed by atoms with Gasteiger partial charge in [-0.15, -0.1) is 0 Å². The molecule has 5 heteroatoms. The van der Waals surface area contributed by atoms with Gasteiger partial charge in [-0.1, -0.05) is 24.6 Å². The molecule has 0 heterocycles.